The Morgan fingerprint density at radius 3 is 2.44 bits per heavy atom. The van der Waals surface area contributed by atoms with Crippen LogP contribution in [-0.4, -0.2) is 29.0 Å². The molecule has 2 heterocycles. The molecule has 0 bridgehead atoms. The number of aryl methyl sites for hydroxylation is 2. The van der Waals surface area contributed by atoms with E-state index in [0.717, 1.165) is 17.3 Å². The van der Waals surface area contributed by atoms with Crippen molar-refractivity contribution >= 4 is 33.5 Å². The van der Waals surface area contributed by atoms with Gasteiger partial charge in [0.05, 0.1) is 5.69 Å². The Morgan fingerprint density at radius 1 is 1.20 bits per heavy atom. The van der Waals surface area contributed by atoms with E-state index in [4.69, 9.17) is 0 Å². The van der Waals surface area contributed by atoms with Crippen molar-refractivity contribution in [3.63, 3.8) is 0 Å². The quantitative estimate of drug-likeness (QED) is 0.840. The minimum absolute atomic E-state index is 0.134. The molecule has 0 radical (unpaired) electrons. The van der Waals surface area contributed by atoms with Gasteiger partial charge in [-0.15, -0.1) is 0 Å². The Morgan fingerprint density at radius 2 is 1.84 bits per heavy atom. The van der Waals surface area contributed by atoms with Gasteiger partial charge in [0.25, 0.3) is 0 Å². The van der Waals surface area contributed by atoms with Crippen molar-refractivity contribution < 1.29 is 9.18 Å². The molecule has 0 aliphatic carbocycles. The van der Waals surface area contributed by atoms with Crippen molar-refractivity contribution in [2.75, 3.05) is 23.3 Å². The number of anilines is 2. The number of carbonyl (C=O) groups is 1. The number of hydrogen-bond acceptors (Lipinski definition) is 4. The number of piperidine rings is 1. The van der Waals surface area contributed by atoms with Crippen LogP contribution in [0.4, 0.5) is 16.0 Å². The number of nitrogens with zero attached hydrogens (tertiary/aromatic N) is 3. The lowest BCUT2D eigenvalue weighted by Gasteiger charge is -2.31. The molecule has 5 nitrogen and oxygen atoms in total. The van der Waals surface area contributed by atoms with Gasteiger partial charge in [-0.05, 0) is 51.0 Å². The smallest absolute Gasteiger partial charge is 0.227 e. The van der Waals surface area contributed by atoms with Gasteiger partial charge in [-0.2, -0.15) is 0 Å². The lowest BCUT2D eigenvalue weighted by Crippen LogP contribution is -2.39. The van der Waals surface area contributed by atoms with Gasteiger partial charge in [0.2, 0.25) is 11.9 Å². The summed E-state index contributed by atoms with van der Waals surface area (Å²) in [5.41, 5.74) is 2.09. The summed E-state index contributed by atoms with van der Waals surface area (Å²) in [5.74, 6) is 0.00604. The number of halogens is 2. The average molecular weight is 407 g/mol. The molecule has 25 heavy (non-hydrogen) atoms. The molecule has 1 aromatic heterocycles. The molecule has 1 aromatic carbocycles. The molecule has 1 aliphatic heterocycles. The van der Waals surface area contributed by atoms with Crippen molar-refractivity contribution in [3.05, 3.63) is 45.9 Å². The lowest BCUT2D eigenvalue weighted by atomic mass is 9.96. The first-order valence-electron chi connectivity index (χ1n) is 8.25. The zero-order valence-electron chi connectivity index (χ0n) is 14.2. The highest BCUT2D eigenvalue weighted by Crippen LogP contribution is 2.24. The Bertz CT molecular complexity index is 770. The average Bonchev–Trinajstić information content (AvgIpc) is 2.56. The minimum atomic E-state index is -0.441. The number of amides is 1. The van der Waals surface area contributed by atoms with Crippen LogP contribution < -0.4 is 10.2 Å². The number of rotatable bonds is 3. The second-order valence-electron chi connectivity index (χ2n) is 6.33. The van der Waals surface area contributed by atoms with Crippen LogP contribution in [0.15, 0.2) is 28.7 Å². The SMILES string of the molecule is Cc1cc(C)nc(N2CCC(C(=O)Nc3ccc(Br)cc3F)CC2)n1. The first-order chi connectivity index (χ1) is 11.9. The van der Waals surface area contributed by atoms with Crippen molar-refractivity contribution in [3.8, 4) is 0 Å². The molecule has 7 heteroatoms. The summed E-state index contributed by atoms with van der Waals surface area (Å²) in [4.78, 5) is 23.5. The topological polar surface area (TPSA) is 58.1 Å². The van der Waals surface area contributed by atoms with Gasteiger partial charge < -0.3 is 10.2 Å². The highest BCUT2D eigenvalue weighted by molar-refractivity contribution is 9.10. The van der Waals surface area contributed by atoms with E-state index in [-0.39, 0.29) is 17.5 Å². The monoisotopic (exact) mass is 406 g/mol. The maximum Gasteiger partial charge on any atom is 0.227 e. The van der Waals surface area contributed by atoms with Crippen LogP contribution in [0.1, 0.15) is 24.2 Å². The summed E-state index contributed by atoms with van der Waals surface area (Å²) >= 11 is 3.21. The summed E-state index contributed by atoms with van der Waals surface area (Å²) in [7, 11) is 0. The molecule has 3 rings (SSSR count). The van der Waals surface area contributed by atoms with Gasteiger partial charge in [-0.1, -0.05) is 15.9 Å². The Hall–Kier alpha value is -2.02. The molecule has 1 fully saturated rings. The lowest BCUT2D eigenvalue weighted by molar-refractivity contribution is -0.120. The first-order valence-corrected chi connectivity index (χ1v) is 9.05. The molecule has 0 saturated carbocycles. The van der Waals surface area contributed by atoms with Crippen LogP contribution in [0.25, 0.3) is 0 Å². The normalized spacial score (nSPS) is 15.3. The highest BCUT2D eigenvalue weighted by atomic mass is 79.9. The first kappa shape index (κ1) is 17.8. The highest BCUT2D eigenvalue weighted by Gasteiger charge is 2.26. The van der Waals surface area contributed by atoms with Crippen LogP contribution in [0.5, 0.6) is 0 Å². The van der Waals surface area contributed by atoms with Crippen molar-refractivity contribution in [2.24, 2.45) is 5.92 Å². The zero-order valence-corrected chi connectivity index (χ0v) is 15.8. The third-order valence-corrected chi connectivity index (χ3v) is 4.80. The van der Waals surface area contributed by atoms with Gasteiger partial charge in [0, 0.05) is 34.9 Å². The molecule has 1 amide bonds. The maximum absolute atomic E-state index is 13.9. The van der Waals surface area contributed by atoms with E-state index >= 15 is 0 Å². The van der Waals surface area contributed by atoms with Crippen molar-refractivity contribution in [1.29, 1.82) is 0 Å². The molecule has 132 valence electrons. The predicted octanol–water partition coefficient (Wildman–Crippen LogP) is 3.85. The Balaban J connectivity index is 1.60. The fraction of sp³-hybridized carbons (Fsp3) is 0.389. The summed E-state index contributed by atoms with van der Waals surface area (Å²) in [6.45, 7) is 5.32. The molecular weight excluding hydrogens is 387 g/mol. The number of carbonyl (C=O) groups excluding carboxylic acids is 1. The molecule has 0 unspecified atom stereocenters. The van der Waals surface area contributed by atoms with E-state index < -0.39 is 5.82 Å². The van der Waals surface area contributed by atoms with Crippen molar-refractivity contribution in [1.82, 2.24) is 9.97 Å². The van der Waals surface area contributed by atoms with E-state index in [2.05, 4.69) is 36.1 Å². The van der Waals surface area contributed by atoms with E-state index in [0.29, 0.717) is 30.4 Å². The van der Waals surface area contributed by atoms with E-state index in [1.165, 1.54) is 6.07 Å². The largest absolute Gasteiger partial charge is 0.341 e. The predicted molar refractivity (Wildman–Crippen MR) is 99.2 cm³/mol. The number of hydrogen-bond donors (Lipinski definition) is 1. The van der Waals surface area contributed by atoms with E-state index in [9.17, 15) is 9.18 Å². The summed E-state index contributed by atoms with van der Waals surface area (Å²) in [6, 6.07) is 6.56. The van der Waals surface area contributed by atoms with E-state index in [1.807, 2.05) is 19.9 Å². The van der Waals surface area contributed by atoms with Crippen LogP contribution in [-0.2, 0) is 4.79 Å². The molecule has 1 N–H and O–H groups in total. The van der Waals surface area contributed by atoms with Gasteiger partial charge in [0.1, 0.15) is 5.82 Å². The number of nitrogens with one attached hydrogen (secondary N) is 1. The van der Waals surface area contributed by atoms with E-state index in [1.54, 1.807) is 12.1 Å². The van der Waals surface area contributed by atoms with Crippen LogP contribution >= 0.6 is 15.9 Å². The van der Waals surface area contributed by atoms with Crippen LogP contribution in [0.2, 0.25) is 0 Å². The number of aromatic nitrogens is 2. The second-order valence-corrected chi connectivity index (χ2v) is 7.24. The maximum atomic E-state index is 13.9. The summed E-state index contributed by atoms with van der Waals surface area (Å²) < 4.78 is 14.5. The fourth-order valence-corrected chi connectivity index (χ4v) is 3.35. The van der Waals surface area contributed by atoms with Crippen LogP contribution in [0, 0.1) is 25.6 Å². The fourth-order valence-electron chi connectivity index (χ4n) is 3.02. The third kappa shape index (κ3) is 4.34. The van der Waals surface area contributed by atoms with Crippen LogP contribution in [0.3, 0.4) is 0 Å². The minimum Gasteiger partial charge on any atom is -0.341 e. The molecule has 1 saturated heterocycles. The Kier molecular flexibility index (Phi) is 5.32. The van der Waals surface area contributed by atoms with Crippen molar-refractivity contribution in [2.45, 2.75) is 26.7 Å². The molecule has 2 aromatic rings. The Labute approximate surface area is 154 Å². The molecule has 0 spiro atoms. The van der Waals surface area contributed by atoms with Gasteiger partial charge in [0.15, 0.2) is 0 Å². The summed E-state index contributed by atoms with van der Waals surface area (Å²) in [6.07, 6.45) is 1.39. The van der Waals surface area contributed by atoms with Gasteiger partial charge >= 0.3 is 0 Å². The van der Waals surface area contributed by atoms with Gasteiger partial charge in [-0.25, -0.2) is 14.4 Å². The molecule has 0 atom stereocenters. The zero-order chi connectivity index (χ0) is 18.0. The number of benzene rings is 1. The molecular formula is C18H20BrFN4O. The summed E-state index contributed by atoms with van der Waals surface area (Å²) in [5, 5.41) is 2.70. The van der Waals surface area contributed by atoms with Gasteiger partial charge in [-0.3, -0.25) is 4.79 Å². The molecule has 1 aliphatic rings. The third-order valence-electron chi connectivity index (χ3n) is 4.31. The standard InChI is InChI=1S/C18H20BrFN4O/c1-11-9-12(2)22-18(21-11)24-7-5-13(6-8-24)17(25)23-16-4-3-14(19)10-15(16)20/h3-4,9-10,13H,5-8H2,1-2H3,(H,23,25). The second kappa shape index (κ2) is 7.47.